The van der Waals surface area contributed by atoms with Crippen LogP contribution in [0.5, 0.6) is 0 Å². The molecule has 1 saturated carbocycles. The molecule has 9 N–H and O–H groups in total. The van der Waals surface area contributed by atoms with Gasteiger partial charge >= 0.3 is 0 Å². The number of hydrogen-bond acceptors (Lipinski definition) is 24. The van der Waals surface area contributed by atoms with Crippen LogP contribution < -0.4 is 49.8 Å². The van der Waals surface area contributed by atoms with Crippen LogP contribution in [-0.2, 0) is 0 Å². The highest BCUT2D eigenvalue weighted by atomic mass is 16.5. The van der Waals surface area contributed by atoms with Gasteiger partial charge in [0, 0.05) is 65.3 Å². The second-order valence-corrected chi connectivity index (χ2v) is 23.7. The summed E-state index contributed by atoms with van der Waals surface area (Å²) in [6, 6.07) is 38.3. The first-order valence-corrected chi connectivity index (χ1v) is 32.0. The number of terminal acetylenes is 3. The maximum atomic E-state index is 13.8. The van der Waals surface area contributed by atoms with Crippen molar-refractivity contribution in [3.8, 4) is 82.8 Å². The number of nitrogens with two attached hydrogens (primary N) is 3. The first-order valence-electron chi connectivity index (χ1n) is 32.0. The molecule has 102 heavy (non-hydrogen) atoms. The molecule has 504 valence electrons. The number of hydrogen-bond donors (Lipinski definition) is 6. The summed E-state index contributed by atoms with van der Waals surface area (Å²) in [4.78, 5) is 77.4. The van der Waals surface area contributed by atoms with Crippen molar-refractivity contribution in [1.82, 2.24) is 74.1 Å². The van der Waals surface area contributed by atoms with E-state index in [1.807, 2.05) is 87.5 Å². The van der Waals surface area contributed by atoms with Crippen LogP contribution in [-0.4, -0.2) is 74.1 Å². The average molecular weight is 1350 g/mol. The summed E-state index contributed by atoms with van der Waals surface area (Å²) in [6.45, 7) is 10.8. The molecule has 15 rings (SSSR count). The van der Waals surface area contributed by atoms with Crippen LogP contribution in [0, 0.1) is 57.8 Å². The van der Waals surface area contributed by atoms with Gasteiger partial charge in [0.25, 0.3) is 34.3 Å². The Morgan fingerprint density at radius 2 is 0.833 bits per heavy atom. The number of nitrogens with one attached hydrogen (secondary N) is 3. The normalized spacial score (nSPS) is 12.6. The Labute approximate surface area is 581 Å². The highest BCUT2D eigenvalue weighted by molar-refractivity contribution is 5.88. The number of fused-ring (bicyclic) bond motifs is 3. The van der Waals surface area contributed by atoms with Crippen LogP contribution in [0.1, 0.15) is 109 Å². The summed E-state index contributed by atoms with van der Waals surface area (Å²) >= 11 is 0. The largest absolute Gasteiger partial charge is 0.421 e. The van der Waals surface area contributed by atoms with Crippen LogP contribution >= 0.6 is 0 Å². The molecule has 0 saturated heterocycles. The molecule has 0 bridgehead atoms. The van der Waals surface area contributed by atoms with Crippen molar-refractivity contribution < 1.29 is 13.5 Å². The van der Waals surface area contributed by atoms with Gasteiger partial charge in [0.1, 0.15) is 51.6 Å². The van der Waals surface area contributed by atoms with Crippen molar-refractivity contribution in [1.29, 1.82) is 0 Å². The molecule has 0 radical (unpaired) electrons. The lowest BCUT2D eigenvalue weighted by molar-refractivity contribution is 0.425. The fourth-order valence-corrected chi connectivity index (χ4v) is 11.8. The molecule has 0 unspecified atom stereocenters. The van der Waals surface area contributed by atoms with Crippen LogP contribution in [0.25, 0.3) is 78.4 Å². The lowest BCUT2D eigenvalue weighted by atomic mass is 10.1. The summed E-state index contributed by atoms with van der Waals surface area (Å²) in [5, 5.41) is 26.9. The Morgan fingerprint density at radius 3 is 1.19 bits per heavy atom. The van der Waals surface area contributed by atoms with E-state index >= 15 is 0 Å². The minimum absolute atomic E-state index is 0.108. The molecule has 3 atom stereocenters. The zero-order valence-corrected chi connectivity index (χ0v) is 55.8. The van der Waals surface area contributed by atoms with Crippen molar-refractivity contribution in [2.24, 2.45) is 0 Å². The van der Waals surface area contributed by atoms with Crippen molar-refractivity contribution in [2.75, 3.05) is 33.2 Å². The van der Waals surface area contributed by atoms with Gasteiger partial charge in [-0.05, 0) is 126 Å². The average Bonchev–Trinajstić information content (AvgIpc) is 1.13. The summed E-state index contributed by atoms with van der Waals surface area (Å²) in [6.07, 6.45) is 23.6. The third-order valence-electron chi connectivity index (χ3n) is 16.6. The smallest absolute Gasteiger partial charge is 0.267 e. The molecule has 1 aliphatic rings. The summed E-state index contributed by atoms with van der Waals surface area (Å²) in [5.41, 5.74) is 25.2. The molecule has 9 heterocycles. The van der Waals surface area contributed by atoms with Gasteiger partial charge in [-0.25, -0.2) is 29.9 Å². The van der Waals surface area contributed by atoms with Gasteiger partial charge in [-0.2, -0.15) is 9.97 Å². The molecule has 14 aromatic rings. The molecule has 1 fully saturated rings. The SMILES string of the molecule is C#Cc1cccc2nc([C@H](C)Nc3nccc(N)c3-c3nc(C)no3)n(-c3ccccc3)c(=O)c12.C#Cc1cccc2nc([C@H](C)Nc3nccc(N)c3-c3nc(C)no3)n(C3CC3)c(=O)c12.C#Cc1cccc2nc([C@H](C)Nc3nccc(N)c3-c3nnc(C)o3)n(-c3ccccc3)c(=O)c12. The van der Waals surface area contributed by atoms with E-state index in [0.717, 1.165) is 12.8 Å². The molecule has 0 aliphatic heterocycles. The summed E-state index contributed by atoms with van der Waals surface area (Å²) in [5.74, 6) is 12.8. The van der Waals surface area contributed by atoms with Gasteiger partial charge in [-0.3, -0.25) is 28.1 Å². The number of nitrogens with zero attached hydrogens (tertiary/aromatic N) is 15. The maximum absolute atomic E-state index is 13.8. The van der Waals surface area contributed by atoms with Gasteiger partial charge < -0.3 is 46.6 Å². The Kier molecular flexibility index (Phi) is 18.3. The van der Waals surface area contributed by atoms with E-state index in [0.29, 0.717) is 147 Å². The topological polar surface area (TPSA) is 374 Å². The number of nitrogen functional groups attached to an aromatic ring is 3. The fraction of sp³-hybridized carbons (Fsp3) is 0.160. The van der Waals surface area contributed by atoms with Crippen LogP contribution in [0.2, 0.25) is 0 Å². The summed E-state index contributed by atoms with van der Waals surface area (Å²) in [7, 11) is 0. The lowest BCUT2D eigenvalue weighted by Gasteiger charge is -2.21. The molecule has 9 aromatic heterocycles. The van der Waals surface area contributed by atoms with E-state index in [9.17, 15) is 14.4 Å². The second kappa shape index (κ2) is 28.1. The van der Waals surface area contributed by atoms with E-state index in [-0.39, 0.29) is 46.4 Å². The monoisotopic (exact) mass is 1350 g/mol. The van der Waals surface area contributed by atoms with E-state index in [1.54, 1.807) is 120 Å². The zero-order valence-electron chi connectivity index (χ0n) is 55.8. The Morgan fingerprint density at radius 1 is 0.461 bits per heavy atom. The minimum Gasteiger partial charge on any atom is -0.421 e. The second-order valence-electron chi connectivity index (χ2n) is 23.7. The van der Waals surface area contributed by atoms with E-state index in [2.05, 4.69) is 79.1 Å². The Bertz CT molecular complexity index is 5630. The van der Waals surface area contributed by atoms with E-state index in [4.69, 9.17) is 64.9 Å². The number of pyridine rings is 3. The van der Waals surface area contributed by atoms with Crippen molar-refractivity contribution >= 4 is 67.2 Å². The number of para-hydroxylation sites is 2. The Hall–Kier alpha value is -14.1. The van der Waals surface area contributed by atoms with E-state index in [1.165, 1.54) is 0 Å². The molecule has 27 heteroatoms. The van der Waals surface area contributed by atoms with Crippen molar-refractivity contribution in [3.63, 3.8) is 0 Å². The predicted molar refractivity (Wildman–Crippen MR) is 389 cm³/mol. The molecule has 27 nitrogen and oxygen atoms in total. The van der Waals surface area contributed by atoms with Crippen molar-refractivity contribution in [2.45, 2.75) is 78.6 Å². The first-order chi connectivity index (χ1) is 49.4. The third kappa shape index (κ3) is 13.0. The van der Waals surface area contributed by atoms with Gasteiger partial charge in [0.15, 0.2) is 11.6 Å². The maximum Gasteiger partial charge on any atom is 0.267 e. The van der Waals surface area contributed by atoms with Crippen LogP contribution in [0.15, 0.2) is 180 Å². The van der Waals surface area contributed by atoms with Gasteiger partial charge in [-0.1, -0.05) is 82.7 Å². The number of rotatable bonds is 15. The number of aryl methyl sites for hydroxylation is 3. The van der Waals surface area contributed by atoms with Crippen LogP contribution in [0.3, 0.4) is 0 Å². The molecule has 1 aliphatic carbocycles. The van der Waals surface area contributed by atoms with Gasteiger partial charge in [0.05, 0.1) is 62.2 Å². The number of anilines is 6. The standard InChI is InChI=1S/2C26H21N7O2.C23H21N7O2/c1-4-17-9-8-12-20-21(17)26(34)33(18-10-6-5-7-11-18)24(30-20)15(2)29-23-22(19(27)13-14-28-23)25-32-31-16(3)35-25;1-4-17-9-8-12-20-21(17)26(34)33(18-10-6-5-7-11-18)24(31-20)15(2)29-23-22(19(27)13-14-28-23)25-30-16(3)32-35-25;1-4-14-6-5-7-17-18(14)23(31)30(15-8-9-15)21(28-17)12(2)26-20-19(16(24)10-11-25-20)22-27-13(3)29-32-22/h2*1,5-15H,2-3H3,(H3,27,28,29);1,5-7,10-12,15H,8-9H2,2-3H3,(H3,24,25,26)/t2*15-;12-/m000/s1. The highest BCUT2D eigenvalue weighted by Crippen LogP contribution is 2.39. The van der Waals surface area contributed by atoms with Crippen molar-refractivity contribution in [3.05, 3.63) is 235 Å². The summed E-state index contributed by atoms with van der Waals surface area (Å²) < 4.78 is 21.1. The first kappa shape index (κ1) is 66.5. The van der Waals surface area contributed by atoms with Crippen LogP contribution in [0.4, 0.5) is 34.5 Å². The number of benzene rings is 5. The Balaban J connectivity index is 0.000000137. The third-order valence-corrected chi connectivity index (χ3v) is 16.6. The molecular weight excluding hydrogens is 1290 g/mol. The molecule has 0 spiro atoms. The predicted octanol–water partition coefficient (Wildman–Crippen LogP) is 11.0. The molecule has 5 aromatic carbocycles. The van der Waals surface area contributed by atoms with Gasteiger partial charge in [0.2, 0.25) is 5.89 Å². The zero-order chi connectivity index (χ0) is 71.5. The quantitative estimate of drug-likeness (QED) is 0.0519. The highest BCUT2D eigenvalue weighted by Gasteiger charge is 2.32. The molecular formula is C75H63N21O6. The molecule has 0 amide bonds. The fourth-order valence-electron chi connectivity index (χ4n) is 11.8. The van der Waals surface area contributed by atoms with E-state index < -0.39 is 12.1 Å². The lowest BCUT2D eigenvalue weighted by Crippen LogP contribution is -2.28. The number of aromatic nitrogens is 15. The van der Waals surface area contributed by atoms with Gasteiger partial charge in [-0.15, -0.1) is 29.5 Å². The minimum atomic E-state index is -0.473.